The van der Waals surface area contributed by atoms with E-state index in [1.807, 2.05) is 0 Å². The van der Waals surface area contributed by atoms with Crippen LogP contribution in [0.2, 0.25) is 0 Å². The summed E-state index contributed by atoms with van der Waals surface area (Å²) in [7, 11) is 0. The van der Waals surface area contributed by atoms with Crippen LogP contribution in [-0.4, -0.2) is 29.6 Å². The Morgan fingerprint density at radius 3 is 2.32 bits per heavy atom. The lowest BCUT2D eigenvalue weighted by Crippen LogP contribution is -2.44. The number of aliphatic hydroxyl groups excluding tert-OH is 1. The third-order valence-electron chi connectivity index (χ3n) is 4.61. The molecule has 0 spiro atoms. The van der Waals surface area contributed by atoms with E-state index in [2.05, 4.69) is 20.8 Å². The van der Waals surface area contributed by atoms with E-state index in [-0.39, 0.29) is 5.41 Å². The van der Waals surface area contributed by atoms with E-state index in [0.29, 0.717) is 18.8 Å². The maximum atomic E-state index is 12.5. The molecule has 1 aliphatic carbocycles. The highest BCUT2D eigenvalue weighted by molar-refractivity contribution is 4.88. The second-order valence-corrected chi connectivity index (χ2v) is 6.28. The van der Waals surface area contributed by atoms with Gasteiger partial charge in [0, 0.05) is 0 Å². The van der Waals surface area contributed by atoms with Gasteiger partial charge in [-0.3, -0.25) is 0 Å². The molecule has 0 aliphatic heterocycles. The highest BCUT2D eigenvalue weighted by atomic mass is 19.4. The number of alkyl halides is 3. The van der Waals surface area contributed by atoms with E-state index in [1.165, 1.54) is 0 Å². The molecule has 4 atom stereocenters. The van der Waals surface area contributed by atoms with Gasteiger partial charge in [-0.15, -0.1) is 0 Å². The second-order valence-electron chi connectivity index (χ2n) is 6.28. The Morgan fingerprint density at radius 2 is 1.84 bits per heavy atom. The molecule has 19 heavy (non-hydrogen) atoms. The van der Waals surface area contributed by atoms with Gasteiger partial charge in [-0.05, 0) is 37.5 Å². The quantitative estimate of drug-likeness (QED) is 0.847. The Bertz CT molecular complexity index is 289. The molecule has 4 unspecified atom stereocenters. The Morgan fingerprint density at radius 1 is 1.26 bits per heavy atom. The fourth-order valence-corrected chi connectivity index (χ4v) is 2.60. The predicted molar refractivity (Wildman–Crippen MR) is 67.8 cm³/mol. The van der Waals surface area contributed by atoms with Crippen molar-refractivity contribution in [3.8, 4) is 0 Å². The molecule has 5 heteroatoms. The normalized spacial score (nSPS) is 31.3. The van der Waals surface area contributed by atoms with E-state index in [0.717, 1.165) is 19.8 Å². The summed E-state index contributed by atoms with van der Waals surface area (Å²) in [4.78, 5) is 0. The van der Waals surface area contributed by atoms with Crippen molar-refractivity contribution >= 4 is 0 Å². The van der Waals surface area contributed by atoms with Gasteiger partial charge in [0.15, 0.2) is 6.10 Å². The van der Waals surface area contributed by atoms with E-state index in [9.17, 15) is 18.3 Å². The van der Waals surface area contributed by atoms with Gasteiger partial charge in [0.1, 0.15) is 0 Å². The summed E-state index contributed by atoms with van der Waals surface area (Å²) in [5.41, 5.74) is 0.0726. The lowest BCUT2D eigenvalue weighted by molar-refractivity contribution is -0.242. The van der Waals surface area contributed by atoms with Crippen molar-refractivity contribution in [2.45, 2.75) is 77.9 Å². The van der Waals surface area contributed by atoms with Gasteiger partial charge in [-0.25, -0.2) is 0 Å². The molecule has 0 bridgehead atoms. The number of hydrogen-bond acceptors (Lipinski definition) is 2. The van der Waals surface area contributed by atoms with Crippen molar-refractivity contribution in [3.05, 3.63) is 0 Å². The summed E-state index contributed by atoms with van der Waals surface area (Å²) < 4.78 is 42.6. The van der Waals surface area contributed by atoms with Gasteiger partial charge >= 0.3 is 6.18 Å². The van der Waals surface area contributed by atoms with Crippen molar-refractivity contribution in [2.24, 2.45) is 11.3 Å². The molecule has 1 N–H and O–H groups in total. The fraction of sp³-hybridized carbons (Fsp3) is 1.00. The smallest absolute Gasteiger partial charge is 0.390 e. The number of hydrogen-bond donors (Lipinski definition) is 1. The lowest BCUT2D eigenvalue weighted by Gasteiger charge is -2.42. The summed E-state index contributed by atoms with van der Waals surface area (Å²) in [6.07, 6.45) is -4.85. The summed E-state index contributed by atoms with van der Waals surface area (Å²) >= 11 is 0. The SMILES string of the molecule is CCC(C)(C)C1CCC(O)C(OC(C)C(F)(F)F)C1. The predicted octanol–water partition coefficient (Wildman–Crippen LogP) is 3.92. The molecule has 0 saturated heterocycles. The molecule has 1 rings (SSSR count). The van der Waals surface area contributed by atoms with Crippen LogP contribution < -0.4 is 0 Å². The zero-order valence-electron chi connectivity index (χ0n) is 12.1. The molecule has 1 fully saturated rings. The van der Waals surface area contributed by atoms with Crippen LogP contribution in [0.4, 0.5) is 13.2 Å². The largest absolute Gasteiger partial charge is 0.414 e. The van der Waals surface area contributed by atoms with Crippen LogP contribution in [0, 0.1) is 11.3 Å². The van der Waals surface area contributed by atoms with Crippen molar-refractivity contribution < 1.29 is 23.0 Å². The third-order valence-corrected chi connectivity index (χ3v) is 4.61. The first kappa shape index (κ1) is 16.8. The maximum Gasteiger partial charge on any atom is 0.414 e. The molecule has 114 valence electrons. The van der Waals surface area contributed by atoms with Crippen molar-refractivity contribution in [1.82, 2.24) is 0 Å². The molecule has 1 saturated carbocycles. The van der Waals surface area contributed by atoms with Gasteiger partial charge in [-0.2, -0.15) is 13.2 Å². The highest BCUT2D eigenvalue weighted by Crippen LogP contribution is 2.42. The first-order valence-electron chi connectivity index (χ1n) is 6.98. The van der Waals surface area contributed by atoms with Crippen LogP contribution in [0.5, 0.6) is 0 Å². The van der Waals surface area contributed by atoms with E-state index in [1.54, 1.807) is 0 Å². The molecule has 0 aromatic heterocycles. The molecule has 1 aliphatic rings. The first-order valence-corrected chi connectivity index (χ1v) is 6.98. The van der Waals surface area contributed by atoms with Crippen LogP contribution in [0.25, 0.3) is 0 Å². The zero-order valence-corrected chi connectivity index (χ0v) is 12.1. The van der Waals surface area contributed by atoms with Crippen LogP contribution in [-0.2, 0) is 4.74 Å². The molecule has 0 aromatic rings. The second kappa shape index (κ2) is 6.00. The summed E-state index contributed by atoms with van der Waals surface area (Å²) in [5, 5.41) is 9.85. The average Bonchev–Trinajstić information content (AvgIpc) is 2.30. The van der Waals surface area contributed by atoms with Gasteiger partial charge in [0.05, 0.1) is 12.2 Å². The highest BCUT2D eigenvalue weighted by Gasteiger charge is 2.43. The van der Waals surface area contributed by atoms with Gasteiger partial charge in [-0.1, -0.05) is 27.2 Å². The fourth-order valence-electron chi connectivity index (χ4n) is 2.60. The number of halogens is 3. The molecule has 0 heterocycles. The van der Waals surface area contributed by atoms with Gasteiger partial charge < -0.3 is 9.84 Å². The minimum Gasteiger partial charge on any atom is -0.390 e. The Kier molecular flexibility index (Phi) is 5.29. The van der Waals surface area contributed by atoms with Gasteiger partial charge in [0.25, 0.3) is 0 Å². The maximum absolute atomic E-state index is 12.5. The number of ether oxygens (including phenoxy) is 1. The minimum absolute atomic E-state index is 0.0726. The van der Waals surface area contributed by atoms with Crippen LogP contribution in [0.1, 0.15) is 53.4 Å². The lowest BCUT2D eigenvalue weighted by atomic mass is 9.68. The summed E-state index contributed by atoms with van der Waals surface area (Å²) in [6, 6.07) is 0. The monoisotopic (exact) mass is 282 g/mol. The van der Waals surface area contributed by atoms with Gasteiger partial charge in [0.2, 0.25) is 0 Å². The van der Waals surface area contributed by atoms with E-state index in [4.69, 9.17) is 4.74 Å². The molecular weight excluding hydrogens is 257 g/mol. The summed E-state index contributed by atoms with van der Waals surface area (Å²) in [6.45, 7) is 7.33. The first-order chi connectivity index (χ1) is 8.58. The van der Waals surface area contributed by atoms with Crippen molar-refractivity contribution in [1.29, 1.82) is 0 Å². The molecule has 0 radical (unpaired) electrons. The average molecular weight is 282 g/mol. The van der Waals surface area contributed by atoms with Crippen molar-refractivity contribution in [3.63, 3.8) is 0 Å². The van der Waals surface area contributed by atoms with Crippen LogP contribution >= 0.6 is 0 Å². The Balaban J connectivity index is 2.67. The zero-order chi connectivity index (χ0) is 14.8. The third kappa shape index (κ3) is 4.35. The number of rotatable bonds is 4. The number of aliphatic hydroxyl groups is 1. The summed E-state index contributed by atoms with van der Waals surface area (Å²) in [5.74, 6) is 0.298. The Labute approximate surface area is 113 Å². The minimum atomic E-state index is -4.37. The molecule has 0 aromatic carbocycles. The topological polar surface area (TPSA) is 29.5 Å². The van der Waals surface area contributed by atoms with E-state index >= 15 is 0 Å². The van der Waals surface area contributed by atoms with Crippen LogP contribution in [0.3, 0.4) is 0 Å². The molecule has 2 nitrogen and oxygen atoms in total. The van der Waals surface area contributed by atoms with Crippen LogP contribution in [0.15, 0.2) is 0 Å². The molecular formula is C14H25F3O2. The standard InChI is InChI=1S/C14H25F3O2/c1-5-13(3,4)10-6-7-11(18)12(8-10)19-9(2)14(15,16)17/h9-12,18H,5-8H2,1-4H3. The van der Waals surface area contributed by atoms with Crippen molar-refractivity contribution in [2.75, 3.05) is 0 Å². The Hall–Kier alpha value is -0.290. The van der Waals surface area contributed by atoms with E-state index < -0.39 is 24.5 Å². The molecule has 0 amide bonds.